The number of hydrogen-bond acceptors (Lipinski definition) is 4. The van der Waals surface area contributed by atoms with Crippen molar-refractivity contribution in [3.8, 4) is 11.8 Å². The first-order chi connectivity index (χ1) is 8.26. The fraction of sp³-hybridized carbons (Fsp3) is 0.538. The summed E-state index contributed by atoms with van der Waals surface area (Å²) in [6.07, 6.45) is 6.95. The van der Waals surface area contributed by atoms with Gasteiger partial charge < -0.3 is 5.11 Å². The summed E-state index contributed by atoms with van der Waals surface area (Å²) in [4.78, 5) is 10.3. The highest BCUT2D eigenvalue weighted by Crippen LogP contribution is 2.35. The number of aliphatic hydroxyl groups is 1. The molecule has 0 amide bonds. The number of hydrogen-bond donors (Lipinski definition) is 1. The van der Waals surface area contributed by atoms with Crippen molar-refractivity contribution in [1.82, 2.24) is 14.9 Å². The van der Waals surface area contributed by atoms with E-state index in [0.717, 1.165) is 25.9 Å². The van der Waals surface area contributed by atoms with Crippen molar-refractivity contribution in [3.63, 3.8) is 0 Å². The first-order valence-electron chi connectivity index (χ1n) is 6.00. The van der Waals surface area contributed by atoms with Crippen molar-refractivity contribution in [2.24, 2.45) is 5.92 Å². The minimum Gasteiger partial charge on any atom is -0.376 e. The molecule has 4 rings (SSSR count). The largest absolute Gasteiger partial charge is 0.376 e. The van der Waals surface area contributed by atoms with Crippen molar-refractivity contribution in [2.75, 3.05) is 19.6 Å². The molecule has 3 fully saturated rings. The van der Waals surface area contributed by atoms with Gasteiger partial charge in [-0.3, -0.25) is 9.88 Å². The number of piperidine rings is 3. The summed E-state index contributed by atoms with van der Waals surface area (Å²) >= 11 is 0. The predicted molar refractivity (Wildman–Crippen MR) is 63.0 cm³/mol. The summed E-state index contributed by atoms with van der Waals surface area (Å²) in [6, 6.07) is 0. The number of rotatable bonds is 0. The summed E-state index contributed by atoms with van der Waals surface area (Å²) in [5, 5.41) is 10.6. The number of aromatic nitrogens is 2. The Morgan fingerprint density at radius 3 is 2.76 bits per heavy atom. The molecule has 0 saturated carbocycles. The molecule has 3 saturated heterocycles. The molecule has 4 heteroatoms. The van der Waals surface area contributed by atoms with Gasteiger partial charge in [0.05, 0.1) is 6.20 Å². The molecule has 88 valence electrons. The van der Waals surface area contributed by atoms with Crippen molar-refractivity contribution in [2.45, 2.75) is 18.4 Å². The normalized spacial score (nSPS) is 35.1. The fourth-order valence-corrected chi connectivity index (χ4v) is 2.72. The molecule has 3 aliphatic heterocycles. The van der Waals surface area contributed by atoms with Crippen LogP contribution in [0.25, 0.3) is 0 Å². The van der Waals surface area contributed by atoms with Crippen molar-refractivity contribution in [1.29, 1.82) is 0 Å². The minimum absolute atomic E-state index is 0.316. The monoisotopic (exact) mass is 229 g/mol. The van der Waals surface area contributed by atoms with Gasteiger partial charge in [-0.2, -0.15) is 0 Å². The third-order valence-electron chi connectivity index (χ3n) is 3.70. The van der Waals surface area contributed by atoms with Gasteiger partial charge in [-0.05, 0) is 31.9 Å². The summed E-state index contributed by atoms with van der Waals surface area (Å²) in [5.41, 5.74) is -0.231. The molecule has 4 heterocycles. The maximum Gasteiger partial charge on any atom is 0.141 e. The lowest BCUT2D eigenvalue weighted by Crippen LogP contribution is -2.58. The predicted octanol–water partition coefficient (Wildman–Crippen LogP) is 0.285. The molecule has 1 aromatic rings. The van der Waals surface area contributed by atoms with Gasteiger partial charge in [0, 0.05) is 24.9 Å². The van der Waals surface area contributed by atoms with Crippen LogP contribution in [0.3, 0.4) is 0 Å². The van der Waals surface area contributed by atoms with Gasteiger partial charge in [-0.1, -0.05) is 5.92 Å². The van der Waals surface area contributed by atoms with Crippen LogP contribution in [-0.4, -0.2) is 45.2 Å². The SMILES string of the molecule is OC1(C#Cc2cnccn2)CN2CCC1CC2. The zero-order valence-electron chi connectivity index (χ0n) is 9.63. The second-order valence-corrected chi connectivity index (χ2v) is 4.82. The first-order valence-corrected chi connectivity index (χ1v) is 6.00. The Bertz CT molecular complexity index is 457. The van der Waals surface area contributed by atoms with Crippen LogP contribution in [0, 0.1) is 17.8 Å². The quantitative estimate of drug-likeness (QED) is 0.649. The van der Waals surface area contributed by atoms with Gasteiger partial charge in [0.15, 0.2) is 0 Å². The third kappa shape index (κ3) is 2.04. The van der Waals surface area contributed by atoms with Crippen molar-refractivity contribution < 1.29 is 5.11 Å². The molecule has 0 aromatic carbocycles. The molecule has 0 spiro atoms. The Labute approximate surface area is 101 Å². The van der Waals surface area contributed by atoms with E-state index in [4.69, 9.17) is 0 Å². The van der Waals surface area contributed by atoms with Crippen molar-refractivity contribution >= 4 is 0 Å². The van der Waals surface area contributed by atoms with Crippen LogP contribution in [0.1, 0.15) is 18.5 Å². The highest BCUT2D eigenvalue weighted by molar-refractivity contribution is 5.30. The maximum absolute atomic E-state index is 10.6. The molecule has 1 unspecified atom stereocenters. The second-order valence-electron chi connectivity index (χ2n) is 4.82. The van der Waals surface area contributed by atoms with Crippen LogP contribution in [0.5, 0.6) is 0 Å². The minimum atomic E-state index is -0.853. The molecule has 3 aliphatic rings. The Balaban J connectivity index is 1.83. The Hall–Kier alpha value is -1.44. The number of fused-ring (bicyclic) bond motifs is 3. The van der Waals surface area contributed by atoms with Gasteiger partial charge in [-0.15, -0.1) is 0 Å². The van der Waals surface area contributed by atoms with Crippen LogP contribution < -0.4 is 0 Å². The summed E-state index contributed by atoms with van der Waals surface area (Å²) in [6.45, 7) is 2.87. The molecule has 0 aliphatic carbocycles. The van der Waals surface area contributed by atoms with Crippen LogP contribution in [-0.2, 0) is 0 Å². The summed E-state index contributed by atoms with van der Waals surface area (Å²) < 4.78 is 0. The van der Waals surface area contributed by atoms with Gasteiger partial charge >= 0.3 is 0 Å². The average Bonchev–Trinajstić information content (AvgIpc) is 2.39. The van der Waals surface area contributed by atoms with E-state index in [2.05, 4.69) is 26.7 Å². The lowest BCUT2D eigenvalue weighted by molar-refractivity contribution is -0.0713. The molecular weight excluding hydrogens is 214 g/mol. The van der Waals surface area contributed by atoms with Crippen LogP contribution >= 0.6 is 0 Å². The van der Waals surface area contributed by atoms with E-state index in [1.807, 2.05) is 0 Å². The fourth-order valence-electron chi connectivity index (χ4n) is 2.72. The first kappa shape index (κ1) is 10.7. The molecule has 1 atom stereocenters. The Morgan fingerprint density at radius 1 is 1.35 bits per heavy atom. The van der Waals surface area contributed by atoms with E-state index >= 15 is 0 Å². The van der Waals surface area contributed by atoms with Gasteiger partial charge in [0.1, 0.15) is 11.3 Å². The topological polar surface area (TPSA) is 49.3 Å². The Kier molecular flexibility index (Phi) is 2.58. The van der Waals surface area contributed by atoms with Gasteiger partial charge in [0.25, 0.3) is 0 Å². The van der Waals surface area contributed by atoms with Crippen LogP contribution in [0.4, 0.5) is 0 Å². The molecule has 1 aromatic heterocycles. The number of nitrogens with zero attached hydrogens (tertiary/aromatic N) is 3. The molecule has 2 bridgehead atoms. The molecule has 1 N–H and O–H groups in total. The summed E-state index contributed by atoms with van der Waals surface area (Å²) in [5.74, 6) is 6.26. The van der Waals surface area contributed by atoms with Crippen molar-refractivity contribution in [3.05, 3.63) is 24.3 Å². The van der Waals surface area contributed by atoms with Gasteiger partial charge in [0.2, 0.25) is 0 Å². The van der Waals surface area contributed by atoms with E-state index in [1.54, 1.807) is 18.6 Å². The van der Waals surface area contributed by atoms with E-state index in [0.29, 0.717) is 18.2 Å². The summed E-state index contributed by atoms with van der Waals surface area (Å²) in [7, 11) is 0. The maximum atomic E-state index is 10.6. The molecule has 4 nitrogen and oxygen atoms in total. The van der Waals surface area contributed by atoms with E-state index in [-0.39, 0.29) is 0 Å². The molecule has 0 radical (unpaired) electrons. The highest BCUT2D eigenvalue weighted by Gasteiger charge is 2.44. The standard InChI is InChI=1S/C13H15N3O/c17-13(4-1-12-9-14-5-6-15-12)10-16-7-2-11(13)3-8-16/h5-6,9,11,17H,2-3,7-8,10H2. The van der Waals surface area contributed by atoms with E-state index in [1.165, 1.54) is 0 Å². The highest BCUT2D eigenvalue weighted by atomic mass is 16.3. The second kappa shape index (κ2) is 4.10. The zero-order chi connectivity index (χ0) is 11.7. The third-order valence-corrected chi connectivity index (χ3v) is 3.70. The van der Waals surface area contributed by atoms with Crippen LogP contribution in [0.2, 0.25) is 0 Å². The van der Waals surface area contributed by atoms with E-state index < -0.39 is 5.60 Å². The van der Waals surface area contributed by atoms with Crippen LogP contribution in [0.15, 0.2) is 18.6 Å². The van der Waals surface area contributed by atoms with Gasteiger partial charge in [-0.25, -0.2) is 4.98 Å². The Morgan fingerprint density at radius 2 is 2.18 bits per heavy atom. The average molecular weight is 229 g/mol. The molecular formula is C13H15N3O. The smallest absolute Gasteiger partial charge is 0.141 e. The lowest BCUT2D eigenvalue weighted by Gasteiger charge is -2.47. The zero-order valence-corrected chi connectivity index (χ0v) is 9.63. The lowest BCUT2D eigenvalue weighted by atomic mass is 9.76. The van der Waals surface area contributed by atoms with E-state index in [9.17, 15) is 5.11 Å². The molecule has 17 heavy (non-hydrogen) atoms.